The van der Waals surface area contributed by atoms with Gasteiger partial charge >= 0.3 is 0 Å². The summed E-state index contributed by atoms with van der Waals surface area (Å²) < 4.78 is 26.8. The summed E-state index contributed by atoms with van der Waals surface area (Å²) in [4.78, 5) is 12.3. The Morgan fingerprint density at radius 1 is 1.60 bits per heavy atom. The van der Waals surface area contributed by atoms with Crippen LogP contribution in [-0.2, 0) is 4.74 Å². The van der Waals surface area contributed by atoms with Crippen molar-refractivity contribution in [3.8, 4) is 5.88 Å². The molecule has 7 nitrogen and oxygen atoms in total. The molecule has 2 aromatic rings. The van der Waals surface area contributed by atoms with Gasteiger partial charge in [-0.05, 0) is 13.8 Å². The van der Waals surface area contributed by atoms with Crippen LogP contribution in [0.3, 0.4) is 0 Å². The second kappa shape index (κ2) is 4.55. The largest absolute Gasteiger partial charge is 0.476 e. The minimum absolute atomic E-state index is 0.0567. The molecule has 0 amide bonds. The highest BCUT2D eigenvalue weighted by Crippen LogP contribution is 2.39. The monoisotopic (exact) mass is 281 g/mol. The summed E-state index contributed by atoms with van der Waals surface area (Å²) in [5.74, 6) is 0.355. The van der Waals surface area contributed by atoms with E-state index in [4.69, 9.17) is 15.2 Å². The summed E-state index contributed by atoms with van der Waals surface area (Å²) in [6, 6.07) is 0. The van der Waals surface area contributed by atoms with Crippen LogP contribution in [0, 0.1) is 0 Å². The Morgan fingerprint density at radius 2 is 2.40 bits per heavy atom. The molecule has 0 aromatic carbocycles. The first kappa shape index (κ1) is 13.0. The van der Waals surface area contributed by atoms with Crippen molar-refractivity contribution in [3.05, 3.63) is 6.33 Å². The van der Waals surface area contributed by atoms with Crippen molar-refractivity contribution in [1.29, 1.82) is 0 Å². The maximum Gasteiger partial charge on any atom is 0.247 e. The third kappa shape index (κ3) is 1.96. The van der Waals surface area contributed by atoms with Crippen molar-refractivity contribution in [1.82, 2.24) is 19.5 Å². The molecule has 0 unspecified atom stereocenters. The standard InChI is InChI=1S/C12H16FN5O2/c1-3-19-9-7-8(16-11(14)17-9)18(6-15-7)10-12(2,13)4-5-20-10/h6,10H,3-5H2,1-2H3,(H2,14,16,17)/t10-,12-/m1/s1. The lowest BCUT2D eigenvalue weighted by Crippen LogP contribution is -2.27. The van der Waals surface area contributed by atoms with Crippen molar-refractivity contribution in [2.45, 2.75) is 32.2 Å². The molecule has 2 aromatic heterocycles. The molecule has 8 heteroatoms. The van der Waals surface area contributed by atoms with E-state index in [1.165, 1.54) is 13.3 Å². The molecule has 0 radical (unpaired) electrons. The van der Waals surface area contributed by atoms with Crippen LogP contribution in [0.15, 0.2) is 6.33 Å². The van der Waals surface area contributed by atoms with Gasteiger partial charge in [-0.25, -0.2) is 9.37 Å². The van der Waals surface area contributed by atoms with E-state index >= 15 is 0 Å². The maximum atomic E-state index is 14.4. The molecular weight excluding hydrogens is 265 g/mol. The van der Waals surface area contributed by atoms with Crippen molar-refractivity contribution < 1.29 is 13.9 Å². The number of ether oxygens (including phenoxy) is 2. The average Bonchev–Trinajstić information content (AvgIpc) is 2.92. The highest BCUT2D eigenvalue weighted by Gasteiger charge is 2.42. The second-order valence-corrected chi connectivity index (χ2v) is 4.90. The third-order valence-corrected chi connectivity index (χ3v) is 3.32. The summed E-state index contributed by atoms with van der Waals surface area (Å²) >= 11 is 0. The van der Waals surface area contributed by atoms with E-state index in [2.05, 4.69) is 15.0 Å². The van der Waals surface area contributed by atoms with E-state index in [1.54, 1.807) is 4.57 Å². The van der Waals surface area contributed by atoms with Gasteiger partial charge in [0.2, 0.25) is 11.8 Å². The summed E-state index contributed by atoms with van der Waals surface area (Å²) in [6.45, 7) is 4.12. The lowest BCUT2D eigenvalue weighted by molar-refractivity contribution is -0.0183. The quantitative estimate of drug-likeness (QED) is 0.916. The van der Waals surface area contributed by atoms with Crippen LogP contribution in [0.25, 0.3) is 11.2 Å². The Hall–Kier alpha value is -1.96. The van der Waals surface area contributed by atoms with Crippen molar-refractivity contribution in [2.75, 3.05) is 18.9 Å². The summed E-state index contributed by atoms with van der Waals surface area (Å²) in [5, 5.41) is 0. The number of nitrogens with two attached hydrogens (primary N) is 1. The van der Waals surface area contributed by atoms with Gasteiger partial charge < -0.3 is 15.2 Å². The number of hydrogen-bond donors (Lipinski definition) is 1. The fourth-order valence-corrected chi connectivity index (χ4v) is 2.35. The molecule has 1 aliphatic rings. The molecule has 2 N–H and O–H groups in total. The maximum absolute atomic E-state index is 14.4. The first-order valence-corrected chi connectivity index (χ1v) is 6.46. The smallest absolute Gasteiger partial charge is 0.247 e. The predicted octanol–water partition coefficient (Wildman–Crippen LogP) is 1.45. The summed E-state index contributed by atoms with van der Waals surface area (Å²) in [5.41, 5.74) is 5.06. The van der Waals surface area contributed by atoms with E-state index in [9.17, 15) is 4.39 Å². The third-order valence-electron chi connectivity index (χ3n) is 3.32. The van der Waals surface area contributed by atoms with Gasteiger partial charge in [-0.1, -0.05) is 0 Å². The van der Waals surface area contributed by atoms with Crippen LogP contribution in [0.2, 0.25) is 0 Å². The van der Waals surface area contributed by atoms with E-state index in [-0.39, 0.29) is 5.95 Å². The second-order valence-electron chi connectivity index (χ2n) is 4.90. The number of anilines is 1. The summed E-state index contributed by atoms with van der Waals surface area (Å²) in [6.07, 6.45) is 1.04. The average molecular weight is 281 g/mol. The topological polar surface area (TPSA) is 88.1 Å². The number of alkyl halides is 1. The fourth-order valence-electron chi connectivity index (χ4n) is 2.35. The molecule has 1 aliphatic heterocycles. The van der Waals surface area contributed by atoms with Crippen LogP contribution in [0.4, 0.5) is 10.3 Å². The lowest BCUT2D eigenvalue weighted by Gasteiger charge is -2.22. The highest BCUT2D eigenvalue weighted by molar-refractivity contribution is 5.77. The first-order chi connectivity index (χ1) is 9.53. The SMILES string of the molecule is CCOc1nc(N)nc2c1ncn2[C@@H]1OCC[C@@]1(C)F. The molecule has 0 aliphatic carbocycles. The molecule has 3 rings (SSSR count). The molecule has 1 saturated heterocycles. The normalized spacial score (nSPS) is 26.2. The van der Waals surface area contributed by atoms with Gasteiger partial charge in [-0.2, -0.15) is 9.97 Å². The Balaban J connectivity index is 2.14. The van der Waals surface area contributed by atoms with Crippen molar-refractivity contribution in [2.24, 2.45) is 0 Å². The van der Waals surface area contributed by atoms with Gasteiger partial charge in [0.25, 0.3) is 0 Å². The molecule has 3 heterocycles. The first-order valence-electron chi connectivity index (χ1n) is 6.46. The Kier molecular flexibility index (Phi) is 2.97. The minimum Gasteiger partial charge on any atom is -0.476 e. The molecule has 108 valence electrons. The highest BCUT2D eigenvalue weighted by atomic mass is 19.1. The van der Waals surface area contributed by atoms with Crippen molar-refractivity contribution in [3.63, 3.8) is 0 Å². The lowest BCUT2D eigenvalue weighted by atomic mass is 10.1. The Labute approximate surface area is 114 Å². The zero-order valence-electron chi connectivity index (χ0n) is 11.3. The van der Waals surface area contributed by atoms with Crippen LogP contribution in [-0.4, -0.2) is 38.4 Å². The Bertz CT molecular complexity index is 642. The van der Waals surface area contributed by atoms with Crippen molar-refractivity contribution >= 4 is 17.1 Å². The Morgan fingerprint density at radius 3 is 3.05 bits per heavy atom. The van der Waals surface area contributed by atoms with Gasteiger partial charge in [0.1, 0.15) is 0 Å². The zero-order chi connectivity index (χ0) is 14.3. The van der Waals surface area contributed by atoms with E-state index in [0.717, 1.165) is 0 Å². The molecular formula is C12H16FN5O2. The van der Waals surface area contributed by atoms with Gasteiger partial charge in [0, 0.05) is 6.42 Å². The molecule has 0 saturated carbocycles. The number of hydrogen-bond acceptors (Lipinski definition) is 6. The number of fused-ring (bicyclic) bond motifs is 1. The molecule has 2 atom stereocenters. The number of halogens is 1. The van der Waals surface area contributed by atoms with Gasteiger partial charge in [0.15, 0.2) is 23.1 Å². The van der Waals surface area contributed by atoms with Gasteiger partial charge in [0.05, 0.1) is 19.5 Å². The van der Waals surface area contributed by atoms with Gasteiger partial charge in [-0.3, -0.25) is 4.57 Å². The van der Waals surface area contributed by atoms with E-state index in [1.807, 2.05) is 6.92 Å². The summed E-state index contributed by atoms with van der Waals surface area (Å²) in [7, 11) is 0. The molecule has 20 heavy (non-hydrogen) atoms. The van der Waals surface area contributed by atoms with Gasteiger partial charge in [-0.15, -0.1) is 0 Å². The number of aromatic nitrogens is 4. The van der Waals surface area contributed by atoms with E-state index < -0.39 is 11.9 Å². The fraction of sp³-hybridized carbons (Fsp3) is 0.583. The minimum atomic E-state index is -1.47. The zero-order valence-corrected chi connectivity index (χ0v) is 11.3. The van der Waals surface area contributed by atoms with Crippen LogP contribution in [0.5, 0.6) is 5.88 Å². The number of nitrogens with zero attached hydrogens (tertiary/aromatic N) is 4. The van der Waals surface area contributed by atoms with E-state index in [0.29, 0.717) is 36.7 Å². The van der Waals surface area contributed by atoms with Crippen LogP contribution < -0.4 is 10.5 Å². The number of nitrogen functional groups attached to an aromatic ring is 1. The number of imidazole rings is 1. The molecule has 0 bridgehead atoms. The van der Waals surface area contributed by atoms with Crippen LogP contribution in [0.1, 0.15) is 26.5 Å². The van der Waals surface area contributed by atoms with Crippen LogP contribution >= 0.6 is 0 Å². The molecule has 0 spiro atoms. The number of rotatable bonds is 3. The molecule has 1 fully saturated rings. The predicted molar refractivity (Wildman–Crippen MR) is 70.0 cm³/mol.